The van der Waals surface area contributed by atoms with Crippen molar-refractivity contribution in [3.63, 3.8) is 0 Å². The predicted octanol–water partition coefficient (Wildman–Crippen LogP) is 4.42. The molecular weight excluding hydrogens is 239 g/mol. The fraction of sp³-hybridized carbons (Fsp3) is 0.500. The third kappa shape index (κ3) is 5.31. The summed E-state index contributed by atoms with van der Waals surface area (Å²) in [5.41, 5.74) is 0.711. The van der Waals surface area contributed by atoms with E-state index in [0.717, 1.165) is 12.8 Å². The topological polar surface area (TPSA) is 17.1 Å². The Morgan fingerprint density at radius 2 is 2.12 bits per heavy atom. The number of Topliss-reactive ketones (excluding diaryl/α,β-unsaturated/α-hetero) is 1. The third-order valence-electron chi connectivity index (χ3n) is 2.64. The van der Waals surface area contributed by atoms with Gasteiger partial charge >= 0.3 is 0 Å². The average Bonchev–Trinajstić information content (AvgIpc) is 2.21. The number of hydrogen-bond donors (Lipinski definition) is 0. The van der Waals surface area contributed by atoms with E-state index in [1.165, 1.54) is 12.1 Å². The summed E-state index contributed by atoms with van der Waals surface area (Å²) in [6.45, 7) is 4.28. The Morgan fingerprint density at radius 1 is 1.41 bits per heavy atom. The van der Waals surface area contributed by atoms with Crippen molar-refractivity contribution in [2.75, 3.05) is 0 Å². The van der Waals surface area contributed by atoms with Gasteiger partial charge in [-0.15, -0.1) is 0 Å². The van der Waals surface area contributed by atoms with Crippen LogP contribution in [-0.4, -0.2) is 5.78 Å². The van der Waals surface area contributed by atoms with E-state index >= 15 is 0 Å². The zero-order valence-corrected chi connectivity index (χ0v) is 11.1. The van der Waals surface area contributed by atoms with Gasteiger partial charge in [-0.3, -0.25) is 4.79 Å². The first-order valence-electron chi connectivity index (χ1n) is 5.94. The van der Waals surface area contributed by atoms with Crippen molar-refractivity contribution in [3.05, 3.63) is 34.6 Å². The van der Waals surface area contributed by atoms with Crippen LogP contribution in [0, 0.1) is 11.7 Å². The third-order valence-corrected chi connectivity index (χ3v) is 2.99. The molecule has 0 aliphatic carbocycles. The minimum absolute atomic E-state index is 0.166. The van der Waals surface area contributed by atoms with Gasteiger partial charge in [0.2, 0.25) is 0 Å². The van der Waals surface area contributed by atoms with Gasteiger partial charge in [0.05, 0.1) is 0 Å². The Hall–Kier alpha value is -0.890. The highest BCUT2D eigenvalue weighted by atomic mass is 35.5. The largest absolute Gasteiger partial charge is 0.299 e. The molecule has 0 saturated heterocycles. The summed E-state index contributed by atoms with van der Waals surface area (Å²) in [4.78, 5) is 11.7. The molecule has 0 saturated carbocycles. The van der Waals surface area contributed by atoms with Crippen LogP contribution in [0.25, 0.3) is 0 Å². The Balaban J connectivity index is 2.45. The summed E-state index contributed by atoms with van der Waals surface area (Å²) in [5.74, 6) is 0.419. The van der Waals surface area contributed by atoms with E-state index < -0.39 is 0 Å². The Labute approximate surface area is 107 Å². The van der Waals surface area contributed by atoms with Crippen molar-refractivity contribution in [1.82, 2.24) is 0 Å². The van der Waals surface area contributed by atoms with Crippen molar-refractivity contribution in [1.29, 1.82) is 0 Å². The molecule has 0 amide bonds. The number of rotatable bonds is 6. The molecule has 1 rings (SSSR count). The number of carbonyl (C=O) groups excluding carboxylic acids is 1. The summed E-state index contributed by atoms with van der Waals surface area (Å²) >= 11 is 5.87. The first-order valence-corrected chi connectivity index (χ1v) is 6.32. The second-order valence-corrected chi connectivity index (χ2v) is 5.14. The molecule has 0 N–H and O–H groups in total. The highest BCUT2D eigenvalue weighted by molar-refractivity contribution is 6.31. The highest BCUT2D eigenvalue weighted by Gasteiger charge is 2.08. The molecule has 0 aromatic heterocycles. The number of carbonyl (C=O) groups is 1. The lowest BCUT2D eigenvalue weighted by Gasteiger charge is -2.05. The quantitative estimate of drug-likeness (QED) is 0.737. The monoisotopic (exact) mass is 256 g/mol. The second-order valence-electron chi connectivity index (χ2n) is 4.74. The summed E-state index contributed by atoms with van der Waals surface area (Å²) in [6, 6.07) is 4.17. The number of ketones is 1. The van der Waals surface area contributed by atoms with E-state index in [2.05, 4.69) is 13.8 Å². The number of halogens is 2. The van der Waals surface area contributed by atoms with E-state index in [9.17, 15) is 9.18 Å². The molecule has 1 aromatic rings. The minimum atomic E-state index is -0.369. The van der Waals surface area contributed by atoms with Gasteiger partial charge in [-0.2, -0.15) is 0 Å². The van der Waals surface area contributed by atoms with Crippen LogP contribution in [0.5, 0.6) is 0 Å². The molecule has 3 heteroatoms. The Bertz CT molecular complexity index is 388. The number of benzene rings is 1. The van der Waals surface area contributed by atoms with Crippen molar-refractivity contribution in [2.45, 2.75) is 39.5 Å². The van der Waals surface area contributed by atoms with Gasteiger partial charge in [0.25, 0.3) is 0 Å². The van der Waals surface area contributed by atoms with Crippen LogP contribution >= 0.6 is 11.6 Å². The molecule has 94 valence electrons. The van der Waals surface area contributed by atoms with Crippen molar-refractivity contribution in [2.24, 2.45) is 5.92 Å². The van der Waals surface area contributed by atoms with Gasteiger partial charge < -0.3 is 0 Å². The van der Waals surface area contributed by atoms with Gasteiger partial charge in [-0.1, -0.05) is 37.9 Å². The molecule has 0 atom stereocenters. The van der Waals surface area contributed by atoms with E-state index in [1.807, 2.05) is 0 Å². The van der Waals surface area contributed by atoms with Crippen LogP contribution in [0.3, 0.4) is 0 Å². The molecule has 0 aliphatic heterocycles. The molecular formula is C14H18ClFO. The summed E-state index contributed by atoms with van der Waals surface area (Å²) < 4.78 is 12.8. The molecule has 0 aliphatic rings. The van der Waals surface area contributed by atoms with Crippen molar-refractivity contribution in [3.8, 4) is 0 Å². The van der Waals surface area contributed by atoms with Crippen LogP contribution < -0.4 is 0 Å². The maximum absolute atomic E-state index is 12.8. The van der Waals surface area contributed by atoms with Gasteiger partial charge in [-0.05, 0) is 30.0 Å². The molecule has 0 fully saturated rings. The first-order chi connectivity index (χ1) is 7.99. The normalized spacial score (nSPS) is 10.9. The second kappa shape index (κ2) is 6.75. The zero-order valence-electron chi connectivity index (χ0n) is 10.3. The maximum atomic E-state index is 12.8. The molecule has 0 heterocycles. The van der Waals surface area contributed by atoms with E-state index in [1.54, 1.807) is 6.07 Å². The van der Waals surface area contributed by atoms with Crippen LogP contribution in [0.15, 0.2) is 18.2 Å². The molecule has 1 aromatic carbocycles. The average molecular weight is 257 g/mol. The van der Waals surface area contributed by atoms with Gasteiger partial charge in [0, 0.05) is 17.9 Å². The summed E-state index contributed by atoms with van der Waals surface area (Å²) in [5, 5.41) is 0.335. The fourth-order valence-electron chi connectivity index (χ4n) is 1.67. The lowest BCUT2D eigenvalue weighted by Crippen LogP contribution is -2.04. The smallest absolute Gasteiger partial charge is 0.137 e. The zero-order chi connectivity index (χ0) is 12.8. The fourth-order valence-corrected chi connectivity index (χ4v) is 1.91. The molecule has 17 heavy (non-hydrogen) atoms. The predicted molar refractivity (Wildman–Crippen MR) is 68.8 cm³/mol. The van der Waals surface area contributed by atoms with E-state index in [4.69, 9.17) is 11.6 Å². The Kier molecular flexibility index (Phi) is 5.63. The van der Waals surface area contributed by atoms with Crippen LogP contribution in [-0.2, 0) is 11.2 Å². The SMILES string of the molecule is CC(C)CCCC(=O)Cc1ccc(F)cc1Cl. The van der Waals surface area contributed by atoms with Gasteiger partial charge in [0.15, 0.2) is 0 Å². The molecule has 0 bridgehead atoms. The lowest BCUT2D eigenvalue weighted by molar-refractivity contribution is -0.118. The minimum Gasteiger partial charge on any atom is -0.299 e. The Morgan fingerprint density at radius 3 is 2.71 bits per heavy atom. The summed E-state index contributed by atoms with van der Waals surface area (Å²) in [7, 11) is 0. The van der Waals surface area contributed by atoms with E-state index in [-0.39, 0.29) is 11.6 Å². The van der Waals surface area contributed by atoms with Crippen LogP contribution in [0.1, 0.15) is 38.7 Å². The number of hydrogen-bond acceptors (Lipinski definition) is 1. The summed E-state index contributed by atoms with van der Waals surface area (Å²) in [6.07, 6.45) is 2.85. The lowest BCUT2D eigenvalue weighted by atomic mass is 10.0. The van der Waals surface area contributed by atoms with Gasteiger partial charge in [-0.25, -0.2) is 4.39 Å². The van der Waals surface area contributed by atoms with E-state index in [0.29, 0.717) is 29.3 Å². The molecule has 1 nitrogen and oxygen atoms in total. The van der Waals surface area contributed by atoms with Crippen molar-refractivity contribution >= 4 is 17.4 Å². The van der Waals surface area contributed by atoms with Crippen molar-refractivity contribution < 1.29 is 9.18 Å². The van der Waals surface area contributed by atoms with Crippen LogP contribution in [0.2, 0.25) is 5.02 Å². The molecule has 0 spiro atoms. The molecule has 0 radical (unpaired) electrons. The standard InChI is InChI=1S/C14H18ClFO/c1-10(2)4-3-5-13(17)8-11-6-7-12(16)9-14(11)15/h6-7,9-10H,3-5,8H2,1-2H3. The first kappa shape index (κ1) is 14.2. The highest BCUT2D eigenvalue weighted by Crippen LogP contribution is 2.19. The van der Waals surface area contributed by atoms with Crippen LogP contribution in [0.4, 0.5) is 4.39 Å². The molecule has 0 unspecified atom stereocenters. The maximum Gasteiger partial charge on any atom is 0.137 e. The van der Waals surface area contributed by atoms with Gasteiger partial charge in [0.1, 0.15) is 11.6 Å².